The van der Waals surface area contributed by atoms with Crippen molar-refractivity contribution in [2.45, 2.75) is 0 Å². The summed E-state index contributed by atoms with van der Waals surface area (Å²) in [6.07, 6.45) is 0. The molecule has 1 heterocycles. The highest BCUT2D eigenvalue weighted by atomic mass is 16.7. The lowest BCUT2D eigenvalue weighted by Gasteiger charge is -2.03. The van der Waals surface area contributed by atoms with Crippen LogP contribution < -0.4 is 16.8 Å². The summed E-state index contributed by atoms with van der Waals surface area (Å²) >= 11 is 0. The average molecular weight is 226 g/mol. The Kier molecular flexibility index (Phi) is 3.72. The van der Waals surface area contributed by atoms with Gasteiger partial charge in [-0.1, -0.05) is 0 Å². The number of amides is 2. The van der Waals surface area contributed by atoms with Crippen LogP contribution in [0, 0.1) is 0 Å². The van der Waals surface area contributed by atoms with Crippen molar-refractivity contribution in [3.63, 3.8) is 0 Å². The Balaban J connectivity index is 2.63. The Morgan fingerprint density at radius 2 is 2.25 bits per heavy atom. The van der Waals surface area contributed by atoms with Crippen LogP contribution in [0.2, 0.25) is 0 Å². The zero-order chi connectivity index (χ0) is 12.1. The molecule has 0 aliphatic heterocycles. The van der Waals surface area contributed by atoms with Crippen LogP contribution in [0.4, 0.5) is 0 Å². The van der Waals surface area contributed by atoms with E-state index < -0.39 is 18.4 Å². The molecule has 0 fully saturated rings. The molecule has 2 amide bonds. The fraction of sp³-hybridized carbons (Fsp3) is 0.250. The second kappa shape index (κ2) is 5.03. The molecular weight excluding hydrogens is 216 g/mol. The van der Waals surface area contributed by atoms with Crippen LogP contribution in [0.5, 0.6) is 0 Å². The molecule has 0 aliphatic rings. The first-order chi connectivity index (χ1) is 7.50. The molecule has 0 spiro atoms. The van der Waals surface area contributed by atoms with Gasteiger partial charge in [-0.2, -0.15) is 5.10 Å². The van der Waals surface area contributed by atoms with Gasteiger partial charge < -0.3 is 5.73 Å². The normalized spacial score (nSPS) is 9.81. The molecule has 1 aromatic rings. The van der Waals surface area contributed by atoms with E-state index in [9.17, 15) is 14.4 Å². The van der Waals surface area contributed by atoms with Crippen LogP contribution in [-0.2, 0) is 16.7 Å². The number of hydroxylamine groups is 1. The third-order valence-electron chi connectivity index (χ3n) is 1.57. The van der Waals surface area contributed by atoms with Crippen molar-refractivity contribution in [1.82, 2.24) is 15.3 Å². The molecule has 8 nitrogen and oxygen atoms in total. The number of aromatic nitrogens is 2. The summed E-state index contributed by atoms with van der Waals surface area (Å²) in [5.41, 5.74) is 6.40. The first-order valence-electron chi connectivity index (χ1n) is 4.25. The maximum Gasteiger partial charge on any atom is 0.295 e. The quantitative estimate of drug-likeness (QED) is 0.572. The summed E-state index contributed by atoms with van der Waals surface area (Å²) in [5, 5.41) is 3.67. The van der Waals surface area contributed by atoms with Crippen molar-refractivity contribution in [1.29, 1.82) is 0 Å². The predicted octanol–water partition coefficient (Wildman–Crippen LogP) is -2.07. The summed E-state index contributed by atoms with van der Waals surface area (Å²) in [6, 6.07) is 2.43. The SMILES string of the molecule is Cn1nc(C(=O)NOCC(N)=O)ccc1=O. The molecule has 3 N–H and O–H groups in total. The number of carbonyl (C=O) groups is 2. The smallest absolute Gasteiger partial charge is 0.295 e. The average Bonchev–Trinajstić information content (AvgIpc) is 2.21. The van der Waals surface area contributed by atoms with Gasteiger partial charge in [-0.05, 0) is 6.07 Å². The highest BCUT2D eigenvalue weighted by Crippen LogP contribution is 1.89. The number of nitrogens with zero attached hydrogens (tertiary/aromatic N) is 2. The molecule has 0 saturated heterocycles. The molecule has 16 heavy (non-hydrogen) atoms. The molecule has 8 heteroatoms. The molecule has 0 radical (unpaired) electrons. The lowest BCUT2D eigenvalue weighted by Crippen LogP contribution is -2.31. The number of hydrogen-bond donors (Lipinski definition) is 2. The zero-order valence-corrected chi connectivity index (χ0v) is 8.47. The van der Waals surface area contributed by atoms with E-state index in [0.29, 0.717) is 0 Å². The van der Waals surface area contributed by atoms with Gasteiger partial charge in [0.05, 0.1) is 0 Å². The number of carbonyl (C=O) groups excluding carboxylic acids is 2. The first-order valence-corrected chi connectivity index (χ1v) is 4.25. The van der Waals surface area contributed by atoms with Crippen molar-refractivity contribution >= 4 is 11.8 Å². The van der Waals surface area contributed by atoms with Crippen LogP contribution in [0.15, 0.2) is 16.9 Å². The fourth-order valence-electron chi connectivity index (χ4n) is 0.848. The van der Waals surface area contributed by atoms with E-state index in [4.69, 9.17) is 5.73 Å². The lowest BCUT2D eigenvalue weighted by atomic mass is 10.4. The van der Waals surface area contributed by atoms with Crippen LogP contribution in [-0.4, -0.2) is 28.2 Å². The van der Waals surface area contributed by atoms with Gasteiger partial charge in [0, 0.05) is 13.1 Å². The minimum Gasteiger partial charge on any atom is -0.368 e. The van der Waals surface area contributed by atoms with E-state index in [-0.39, 0.29) is 11.3 Å². The summed E-state index contributed by atoms with van der Waals surface area (Å²) < 4.78 is 1.00. The molecule has 0 unspecified atom stereocenters. The van der Waals surface area contributed by atoms with Gasteiger partial charge in [0.25, 0.3) is 11.5 Å². The lowest BCUT2D eigenvalue weighted by molar-refractivity contribution is -0.124. The van der Waals surface area contributed by atoms with E-state index in [2.05, 4.69) is 9.94 Å². The molecule has 0 aliphatic carbocycles. The predicted molar refractivity (Wildman–Crippen MR) is 52.1 cm³/mol. The number of aryl methyl sites for hydroxylation is 1. The minimum absolute atomic E-state index is 0.00781. The van der Waals surface area contributed by atoms with Gasteiger partial charge in [-0.3, -0.25) is 19.2 Å². The Labute approximate surface area is 90.0 Å². The zero-order valence-electron chi connectivity index (χ0n) is 8.47. The van der Waals surface area contributed by atoms with Crippen molar-refractivity contribution in [2.24, 2.45) is 12.8 Å². The topological polar surface area (TPSA) is 116 Å². The fourth-order valence-corrected chi connectivity index (χ4v) is 0.848. The number of primary amides is 1. The maximum absolute atomic E-state index is 11.3. The van der Waals surface area contributed by atoms with E-state index in [1.54, 1.807) is 0 Å². The van der Waals surface area contributed by atoms with Gasteiger partial charge >= 0.3 is 0 Å². The van der Waals surface area contributed by atoms with E-state index in [1.165, 1.54) is 19.2 Å². The molecule has 0 bridgehead atoms. The van der Waals surface area contributed by atoms with Crippen molar-refractivity contribution < 1.29 is 14.4 Å². The van der Waals surface area contributed by atoms with Gasteiger partial charge in [0.2, 0.25) is 5.91 Å². The third-order valence-corrected chi connectivity index (χ3v) is 1.57. The van der Waals surface area contributed by atoms with Crippen molar-refractivity contribution in [3.8, 4) is 0 Å². The van der Waals surface area contributed by atoms with Gasteiger partial charge in [0.15, 0.2) is 12.3 Å². The summed E-state index contributed by atoms with van der Waals surface area (Å²) in [4.78, 5) is 37.1. The summed E-state index contributed by atoms with van der Waals surface area (Å²) in [6.45, 7) is -0.433. The molecule has 1 rings (SSSR count). The number of nitrogens with two attached hydrogens (primary N) is 1. The second-order valence-electron chi connectivity index (χ2n) is 2.87. The Morgan fingerprint density at radius 1 is 1.56 bits per heavy atom. The molecule has 0 atom stereocenters. The maximum atomic E-state index is 11.3. The number of hydrogen-bond acceptors (Lipinski definition) is 5. The van der Waals surface area contributed by atoms with E-state index >= 15 is 0 Å². The van der Waals surface area contributed by atoms with Crippen LogP contribution >= 0.6 is 0 Å². The standard InChI is InChI=1S/C8H10N4O4/c1-12-7(14)3-2-5(10-12)8(15)11-16-4-6(9)13/h2-3H,4H2,1H3,(H2,9,13)(H,11,15). The Hall–Kier alpha value is -2.22. The molecule has 86 valence electrons. The minimum atomic E-state index is -0.714. The van der Waals surface area contributed by atoms with E-state index in [0.717, 1.165) is 4.68 Å². The first kappa shape index (κ1) is 11.9. The summed E-state index contributed by atoms with van der Waals surface area (Å²) in [5.74, 6) is -1.38. The number of rotatable bonds is 4. The largest absolute Gasteiger partial charge is 0.368 e. The van der Waals surface area contributed by atoms with Gasteiger partial charge in [-0.25, -0.2) is 10.2 Å². The Bertz CT molecular complexity index is 467. The summed E-state index contributed by atoms with van der Waals surface area (Å²) in [7, 11) is 1.41. The van der Waals surface area contributed by atoms with Crippen molar-refractivity contribution in [3.05, 3.63) is 28.2 Å². The highest BCUT2D eigenvalue weighted by Gasteiger charge is 2.08. The Morgan fingerprint density at radius 3 is 2.81 bits per heavy atom. The van der Waals surface area contributed by atoms with Crippen molar-refractivity contribution in [2.75, 3.05) is 6.61 Å². The van der Waals surface area contributed by atoms with Crippen LogP contribution in [0.25, 0.3) is 0 Å². The van der Waals surface area contributed by atoms with E-state index in [1.807, 2.05) is 5.48 Å². The molecule has 0 aromatic carbocycles. The highest BCUT2D eigenvalue weighted by molar-refractivity contribution is 5.91. The van der Waals surface area contributed by atoms with Crippen LogP contribution in [0.1, 0.15) is 10.5 Å². The monoisotopic (exact) mass is 226 g/mol. The van der Waals surface area contributed by atoms with Gasteiger partial charge in [-0.15, -0.1) is 0 Å². The number of nitrogens with one attached hydrogen (secondary N) is 1. The molecule has 1 aromatic heterocycles. The van der Waals surface area contributed by atoms with Gasteiger partial charge in [0.1, 0.15) is 0 Å². The molecular formula is C8H10N4O4. The molecule has 0 saturated carbocycles. The van der Waals surface area contributed by atoms with Crippen LogP contribution in [0.3, 0.4) is 0 Å². The second-order valence-corrected chi connectivity index (χ2v) is 2.87. The third kappa shape index (κ3) is 3.17.